The predicted molar refractivity (Wildman–Crippen MR) is 90.8 cm³/mol. The normalized spacial score (nSPS) is 26.9. The summed E-state index contributed by atoms with van der Waals surface area (Å²) in [6.07, 6.45) is -0.196. The Balaban J connectivity index is 1.90. The summed E-state index contributed by atoms with van der Waals surface area (Å²) in [7, 11) is 1.46. The van der Waals surface area contributed by atoms with Crippen molar-refractivity contribution in [1.29, 1.82) is 0 Å². The molecule has 0 spiro atoms. The Hall–Kier alpha value is -1.61. The molecule has 0 aromatic heterocycles. The zero-order chi connectivity index (χ0) is 16.2. The van der Waals surface area contributed by atoms with Crippen LogP contribution in [-0.4, -0.2) is 34.1 Å². The summed E-state index contributed by atoms with van der Waals surface area (Å²) in [6, 6.07) is 20.3. The average Bonchev–Trinajstić information content (AvgIpc) is 2.92. The number of rotatable bonds is 4. The van der Waals surface area contributed by atoms with Crippen molar-refractivity contribution in [3.8, 4) is 0 Å². The van der Waals surface area contributed by atoms with Crippen LogP contribution in [0.5, 0.6) is 0 Å². The number of methoxy groups -OCH3 is 1. The van der Waals surface area contributed by atoms with Gasteiger partial charge in [-0.1, -0.05) is 0 Å². The van der Waals surface area contributed by atoms with Crippen molar-refractivity contribution < 1.29 is 14.3 Å². The predicted octanol–water partition coefficient (Wildman–Crippen LogP) is 2.75. The van der Waals surface area contributed by atoms with Crippen molar-refractivity contribution in [2.75, 3.05) is 7.11 Å². The Labute approximate surface area is 143 Å². The molecule has 0 saturated carbocycles. The van der Waals surface area contributed by atoms with E-state index in [1.54, 1.807) is 0 Å². The van der Waals surface area contributed by atoms with E-state index in [-0.39, 0.29) is 43.9 Å². The summed E-state index contributed by atoms with van der Waals surface area (Å²) in [4.78, 5) is 12.6. The molecule has 0 bridgehead atoms. The molecule has 1 aliphatic rings. The van der Waals surface area contributed by atoms with E-state index in [1.807, 2.05) is 48.5 Å². The van der Waals surface area contributed by atoms with E-state index < -0.39 is 0 Å². The number of hydrogen-bond acceptors (Lipinski definition) is 3. The number of carbonyl (C=O) groups is 1. The van der Waals surface area contributed by atoms with Crippen LogP contribution < -0.4 is 4.46 Å². The topological polar surface area (TPSA) is 35.5 Å². The van der Waals surface area contributed by atoms with Gasteiger partial charge in [0.25, 0.3) is 0 Å². The molecule has 120 valence electrons. The second kappa shape index (κ2) is 7.31. The molecule has 1 aliphatic heterocycles. The van der Waals surface area contributed by atoms with Crippen LogP contribution in [0.1, 0.15) is 18.6 Å². The minimum absolute atomic E-state index is 0.0320. The Morgan fingerprint density at radius 3 is 2.26 bits per heavy atom. The van der Waals surface area contributed by atoms with Gasteiger partial charge in [-0.05, 0) is 0 Å². The summed E-state index contributed by atoms with van der Waals surface area (Å²) in [6.45, 7) is 2.06. The molecule has 0 radical (unpaired) electrons. The number of benzene rings is 2. The minimum atomic E-state index is -0.252. The van der Waals surface area contributed by atoms with Crippen molar-refractivity contribution in [1.82, 2.24) is 0 Å². The van der Waals surface area contributed by atoms with Crippen LogP contribution in [0.4, 0.5) is 0 Å². The molecule has 2 aromatic carbocycles. The monoisotopic (exact) mass is 376 g/mol. The molecular weight excluding hydrogens is 355 g/mol. The number of esters is 1. The van der Waals surface area contributed by atoms with Crippen LogP contribution in [0.2, 0.25) is 4.82 Å². The molecule has 0 N–H and O–H groups in total. The quantitative estimate of drug-likeness (QED) is 0.609. The molecule has 3 nitrogen and oxygen atoms in total. The van der Waals surface area contributed by atoms with Crippen LogP contribution in [0, 0.1) is 5.92 Å². The third-order valence-electron chi connectivity index (χ3n) is 4.12. The molecule has 1 heterocycles. The maximum atomic E-state index is 12.5. The van der Waals surface area contributed by atoms with Crippen LogP contribution >= 0.6 is 0 Å². The summed E-state index contributed by atoms with van der Waals surface area (Å²) in [5.74, 6) is -0.427. The van der Waals surface area contributed by atoms with Gasteiger partial charge >= 0.3 is 143 Å². The van der Waals surface area contributed by atoms with Crippen LogP contribution in [0.3, 0.4) is 0 Å². The average molecular weight is 375 g/mol. The zero-order valence-corrected chi connectivity index (χ0v) is 14.9. The second-order valence-electron chi connectivity index (χ2n) is 5.62. The fourth-order valence-corrected chi connectivity index (χ4v) is 5.70. The fourth-order valence-electron chi connectivity index (χ4n) is 3.01. The van der Waals surface area contributed by atoms with Crippen LogP contribution in [0.15, 0.2) is 60.7 Å². The molecule has 0 amide bonds. The van der Waals surface area contributed by atoms with Crippen LogP contribution in [-0.2, 0) is 14.3 Å². The van der Waals surface area contributed by atoms with Gasteiger partial charge in [-0.15, -0.1) is 0 Å². The summed E-state index contributed by atoms with van der Waals surface area (Å²) in [5, 5.41) is 0. The first kappa shape index (κ1) is 16.3. The zero-order valence-electron chi connectivity index (χ0n) is 13.2. The van der Waals surface area contributed by atoms with Crippen molar-refractivity contribution in [3.63, 3.8) is 0 Å². The van der Waals surface area contributed by atoms with Gasteiger partial charge in [-0.25, -0.2) is 0 Å². The summed E-state index contributed by atoms with van der Waals surface area (Å²) >= 11 is 0.156. The first-order valence-corrected chi connectivity index (χ1v) is 9.55. The SMILES string of the molecule is COC(=O)[C@@H]1[C@H]([Se]c2ccccc2)[C@@H](C)O[C@H]1c1ccccc1. The van der Waals surface area contributed by atoms with E-state index >= 15 is 0 Å². The Morgan fingerprint density at radius 2 is 1.65 bits per heavy atom. The molecule has 0 unspecified atom stereocenters. The van der Waals surface area contributed by atoms with Gasteiger partial charge in [0.05, 0.1) is 0 Å². The van der Waals surface area contributed by atoms with E-state index in [0.29, 0.717) is 0 Å². The Bertz CT molecular complexity index is 644. The van der Waals surface area contributed by atoms with E-state index in [4.69, 9.17) is 9.47 Å². The van der Waals surface area contributed by atoms with Gasteiger partial charge in [0.1, 0.15) is 0 Å². The van der Waals surface area contributed by atoms with Crippen LogP contribution in [0.25, 0.3) is 0 Å². The van der Waals surface area contributed by atoms with Gasteiger partial charge < -0.3 is 0 Å². The van der Waals surface area contributed by atoms with Crippen molar-refractivity contribution in [2.45, 2.75) is 23.9 Å². The first-order chi connectivity index (χ1) is 11.2. The van der Waals surface area contributed by atoms with E-state index in [1.165, 1.54) is 11.6 Å². The molecule has 23 heavy (non-hydrogen) atoms. The van der Waals surface area contributed by atoms with Crippen molar-refractivity contribution >= 4 is 25.4 Å². The standard InChI is InChI=1S/C19H20O3Se/c1-13-18(23-15-11-7-4-8-12-15)16(19(20)21-2)17(22-13)14-9-5-3-6-10-14/h3-13,16-18H,1-2H3/t13-,16+,17+,18-/m1/s1. The third kappa shape index (κ3) is 3.50. The first-order valence-electron chi connectivity index (χ1n) is 7.70. The molecule has 4 atom stereocenters. The Morgan fingerprint density at radius 1 is 1.04 bits per heavy atom. The van der Waals surface area contributed by atoms with E-state index in [9.17, 15) is 4.79 Å². The number of hydrogen-bond donors (Lipinski definition) is 0. The summed E-state index contributed by atoms with van der Waals surface area (Å²) in [5.41, 5.74) is 1.04. The molecule has 2 aromatic rings. The van der Waals surface area contributed by atoms with Gasteiger partial charge in [-0.3, -0.25) is 0 Å². The van der Waals surface area contributed by atoms with Gasteiger partial charge in [0.15, 0.2) is 0 Å². The van der Waals surface area contributed by atoms with Gasteiger partial charge in [-0.2, -0.15) is 0 Å². The van der Waals surface area contributed by atoms with Crippen molar-refractivity contribution in [2.24, 2.45) is 5.92 Å². The van der Waals surface area contributed by atoms with Gasteiger partial charge in [0, 0.05) is 0 Å². The molecular formula is C19H20O3Se. The molecule has 1 saturated heterocycles. The van der Waals surface area contributed by atoms with Crippen molar-refractivity contribution in [3.05, 3.63) is 66.2 Å². The number of carbonyl (C=O) groups excluding carboxylic acids is 1. The van der Waals surface area contributed by atoms with Gasteiger partial charge in [0.2, 0.25) is 0 Å². The Kier molecular flexibility index (Phi) is 5.16. The second-order valence-corrected chi connectivity index (χ2v) is 8.24. The molecule has 1 fully saturated rings. The molecule has 3 rings (SSSR count). The molecule has 4 heteroatoms. The fraction of sp³-hybridized carbons (Fsp3) is 0.316. The summed E-state index contributed by atoms with van der Waals surface area (Å²) < 4.78 is 12.6. The van der Waals surface area contributed by atoms with E-state index in [0.717, 1.165) is 5.56 Å². The number of ether oxygens (including phenoxy) is 2. The van der Waals surface area contributed by atoms with E-state index in [2.05, 4.69) is 19.1 Å². The third-order valence-corrected chi connectivity index (χ3v) is 7.25. The molecule has 0 aliphatic carbocycles. The maximum absolute atomic E-state index is 12.5.